The molecule has 2 atom stereocenters. The summed E-state index contributed by atoms with van der Waals surface area (Å²) >= 11 is 0. The number of fused-ring (bicyclic) bond motifs is 1. The molecule has 2 aromatic rings. The average Bonchev–Trinajstić information content (AvgIpc) is 2.61. The standard InChI is InChI=1S/C21H23NO4/c1-21(2,3)20(23)13-19-17-7-5-4-6-15(17)12-18(26-19)14-8-10-16(11-9-14)22(24)25/h4-11,18-19H,12-13H2,1-3H3/t18-,19+/m1/s1. The normalized spacial score (nSPS) is 19.7. The van der Waals surface area contributed by atoms with E-state index in [9.17, 15) is 14.9 Å². The van der Waals surface area contributed by atoms with E-state index in [4.69, 9.17) is 4.74 Å². The SMILES string of the molecule is CC(C)(C)C(=O)C[C@@H]1O[C@@H](c2ccc([N+](=O)[O-])cc2)Cc2ccccc21. The molecule has 0 saturated heterocycles. The van der Waals surface area contributed by atoms with Crippen molar-refractivity contribution in [2.24, 2.45) is 5.41 Å². The predicted molar refractivity (Wildman–Crippen MR) is 98.9 cm³/mol. The van der Waals surface area contributed by atoms with Crippen molar-refractivity contribution in [3.05, 3.63) is 75.3 Å². The van der Waals surface area contributed by atoms with Gasteiger partial charge in [0.05, 0.1) is 17.1 Å². The number of carbonyl (C=O) groups is 1. The summed E-state index contributed by atoms with van der Waals surface area (Å²) in [6.45, 7) is 5.74. The van der Waals surface area contributed by atoms with Crippen LogP contribution in [0, 0.1) is 15.5 Å². The van der Waals surface area contributed by atoms with E-state index in [0.29, 0.717) is 12.8 Å². The van der Waals surface area contributed by atoms with Crippen molar-refractivity contribution < 1.29 is 14.5 Å². The molecule has 26 heavy (non-hydrogen) atoms. The minimum atomic E-state index is -0.418. The van der Waals surface area contributed by atoms with Crippen LogP contribution in [0.2, 0.25) is 0 Å². The molecular weight excluding hydrogens is 330 g/mol. The summed E-state index contributed by atoms with van der Waals surface area (Å²) in [6, 6.07) is 14.5. The van der Waals surface area contributed by atoms with Gasteiger partial charge in [0.1, 0.15) is 5.78 Å². The maximum absolute atomic E-state index is 12.6. The molecule has 1 heterocycles. The Hall–Kier alpha value is -2.53. The lowest BCUT2D eigenvalue weighted by Crippen LogP contribution is -2.27. The zero-order chi connectivity index (χ0) is 18.9. The number of non-ortho nitro benzene ring substituents is 1. The second-order valence-corrected chi connectivity index (χ2v) is 7.74. The summed E-state index contributed by atoms with van der Waals surface area (Å²) in [5.74, 6) is 0.154. The van der Waals surface area contributed by atoms with Gasteiger partial charge >= 0.3 is 0 Å². The molecule has 0 saturated carbocycles. The number of carbonyl (C=O) groups excluding carboxylic acids is 1. The maximum Gasteiger partial charge on any atom is 0.269 e. The maximum atomic E-state index is 12.6. The second kappa shape index (κ2) is 7.00. The Morgan fingerprint density at radius 3 is 2.42 bits per heavy atom. The molecule has 0 aliphatic carbocycles. The van der Waals surface area contributed by atoms with Crippen molar-refractivity contribution >= 4 is 11.5 Å². The highest BCUT2D eigenvalue weighted by molar-refractivity contribution is 5.84. The van der Waals surface area contributed by atoms with E-state index in [2.05, 4.69) is 6.07 Å². The third kappa shape index (κ3) is 3.83. The number of nitro groups is 1. The Kier molecular flexibility index (Phi) is 4.92. The molecule has 5 heteroatoms. The fourth-order valence-corrected chi connectivity index (χ4v) is 3.19. The molecule has 1 aliphatic rings. The van der Waals surface area contributed by atoms with Gasteiger partial charge in [0, 0.05) is 30.4 Å². The van der Waals surface area contributed by atoms with Crippen LogP contribution < -0.4 is 0 Å². The van der Waals surface area contributed by atoms with E-state index in [1.165, 1.54) is 12.1 Å². The van der Waals surface area contributed by atoms with Crippen LogP contribution in [0.3, 0.4) is 0 Å². The van der Waals surface area contributed by atoms with Gasteiger partial charge < -0.3 is 4.74 Å². The first-order valence-corrected chi connectivity index (χ1v) is 8.76. The molecule has 3 rings (SSSR count). The minimum Gasteiger partial charge on any atom is -0.365 e. The van der Waals surface area contributed by atoms with Gasteiger partial charge in [0.25, 0.3) is 5.69 Å². The Bertz CT molecular complexity index is 821. The van der Waals surface area contributed by atoms with Crippen LogP contribution in [-0.4, -0.2) is 10.7 Å². The van der Waals surface area contributed by atoms with Gasteiger partial charge in [-0.05, 0) is 28.8 Å². The van der Waals surface area contributed by atoms with Crippen molar-refractivity contribution in [3.63, 3.8) is 0 Å². The Labute approximate surface area is 153 Å². The molecule has 0 bridgehead atoms. The smallest absolute Gasteiger partial charge is 0.269 e. The zero-order valence-electron chi connectivity index (χ0n) is 15.3. The molecular formula is C21H23NO4. The van der Waals surface area contributed by atoms with E-state index in [-0.39, 0.29) is 23.7 Å². The second-order valence-electron chi connectivity index (χ2n) is 7.74. The van der Waals surface area contributed by atoms with Crippen molar-refractivity contribution in [1.82, 2.24) is 0 Å². The largest absolute Gasteiger partial charge is 0.365 e. The summed E-state index contributed by atoms with van der Waals surface area (Å²) < 4.78 is 6.27. The number of ether oxygens (including phenoxy) is 1. The summed E-state index contributed by atoms with van der Waals surface area (Å²) in [5, 5.41) is 10.9. The fraction of sp³-hybridized carbons (Fsp3) is 0.381. The highest BCUT2D eigenvalue weighted by Gasteiger charge is 2.32. The quantitative estimate of drug-likeness (QED) is 0.576. The van der Waals surface area contributed by atoms with Crippen LogP contribution >= 0.6 is 0 Å². The highest BCUT2D eigenvalue weighted by Crippen LogP contribution is 2.40. The molecule has 2 aromatic carbocycles. The molecule has 1 aliphatic heterocycles. The number of benzene rings is 2. The third-order valence-corrected chi connectivity index (χ3v) is 4.82. The molecule has 136 valence electrons. The highest BCUT2D eigenvalue weighted by atomic mass is 16.6. The van der Waals surface area contributed by atoms with Crippen LogP contribution in [0.1, 0.15) is 56.1 Å². The van der Waals surface area contributed by atoms with E-state index in [0.717, 1.165) is 16.7 Å². The van der Waals surface area contributed by atoms with Gasteiger partial charge in [-0.1, -0.05) is 45.0 Å². The lowest BCUT2D eigenvalue weighted by molar-refractivity contribution is -0.384. The zero-order valence-corrected chi connectivity index (χ0v) is 15.3. The summed E-state index contributed by atoms with van der Waals surface area (Å²) in [5.41, 5.74) is 2.75. The number of hydrogen-bond donors (Lipinski definition) is 0. The van der Waals surface area contributed by atoms with Gasteiger partial charge in [-0.15, -0.1) is 0 Å². The van der Waals surface area contributed by atoms with Crippen molar-refractivity contribution in [2.75, 3.05) is 0 Å². The summed E-state index contributed by atoms with van der Waals surface area (Å²) in [4.78, 5) is 23.0. The lowest BCUT2D eigenvalue weighted by Gasteiger charge is -2.33. The van der Waals surface area contributed by atoms with Crippen molar-refractivity contribution in [2.45, 2.75) is 45.8 Å². The third-order valence-electron chi connectivity index (χ3n) is 4.82. The van der Waals surface area contributed by atoms with Gasteiger partial charge in [-0.25, -0.2) is 0 Å². The van der Waals surface area contributed by atoms with E-state index < -0.39 is 10.3 Å². The predicted octanol–water partition coefficient (Wildman–Crippen LogP) is 4.96. The molecule has 0 aromatic heterocycles. The lowest BCUT2D eigenvalue weighted by atomic mass is 9.83. The van der Waals surface area contributed by atoms with Crippen LogP contribution in [0.15, 0.2) is 48.5 Å². The molecule has 0 amide bonds. The number of nitrogens with zero attached hydrogens (tertiary/aromatic N) is 1. The van der Waals surface area contributed by atoms with E-state index in [1.807, 2.05) is 39.0 Å². The topological polar surface area (TPSA) is 69.4 Å². The Balaban J connectivity index is 1.88. The van der Waals surface area contributed by atoms with Gasteiger partial charge in [-0.2, -0.15) is 0 Å². The number of hydrogen-bond acceptors (Lipinski definition) is 4. The molecule has 0 N–H and O–H groups in total. The summed E-state index contributed by atoms with van der Waals surface area (Å²) in [7, 11) is 0. The Morgan fingerprint density at radius 1 is 1.15 bits per heavy atom. The van der Waals surface area contributed by atoms with Crippen LogP contribution in [0.4, 0.5) is 5.69 Å². The molecule has 0 radical (unpaired) electrons. The van der Waals surface area contributed by atoms with E-state index >= 15 is 0 Å². The number of nitro benzene ring substituents is 1. The van der Waals surface area contributed by atoms with Crippen LogP contribution in [0.5, 0.6) is 0 Å². The first-order valence-electron chi connectivity index (χ1n) is 8.76. The van der Waals surface area contributed by atoms with Gasteiger partial charge in [0.2, 0.25) is 0 Å². The molecule has 0 fully saturated rings. The van der Waals surface area contributed by atoms with Gasteiger partial charge in [0.15, 0.2) is 0 Å². The first kappa shape index (κ1) is 18.3. The van der Waals surface area contributed by atoms with Crippen molar-refractivity contribution in [3.8, 4) is 0 Å². The van der Waals surface area contributed by atoms with Crippen LogP contribution in [0.25, 0.3) is 0 Å². The minimum absolute atomic E-state index is 0.0596. The summed E-state index contributed by atoms with van der Waals surface area (Å²) in [6.07, 6.45) is 0.494. The molecule has 0 spiro atoms. The van der Waals surface area contributed by atoms with Crippen LogP contribution in [-0.2, 0) is 16.0 Å². The average molecular weight is 353 g/mol. The monoisotopic (exact) mass is 353 g/mol. The molecule has 5 nitrogen and oxygen atoms in total. The molecule has 0 unspecified atom stereocenters. The van der Waals surface area contributed by atoms with E-state index in [1.54, 1.807) is 12.1 Å². The number of rotatable bonds is 4. The first-order chi connectivity index (χ1) is 12.3. The van der Waals surface area contributed by atoms with Gasteiger partial charge in [-0.3, -0.25) is 14.9 Å². The van der Waals surface area contributed by atoms with Crippen molar-refractivity contribution in [1.29, 1.82) is 0 Å². The Morgan fingerprint density at radius 2 is 1.81 bits per heavy atom. The number of Topliss-reactive ketones (excluding diaryl/α,β-unsaturated/α-hetero) is 1. The number of ketones is 1. The fourth-order valence-electron chi connectivity index (χ4n) is 3.19.